The number of anilines is 2. The molecule has 0 atom stereocenters. The number of carbonyl (C=O) groups excluding carboxylic acids is 1. The molecule has 3 fully saturated rings. The number of aromatic nitrogens is 1. The van der Waals surface area contributed by atoms with Gasteiger partial charge in [0.2, 0.25) is 0 Å². The van der Waals surface area contributed by atoms with Crippen LogP contribution in [0.4, 0.5) is 24.5 Å². The summed E-state index contributed by atoms with van der Waals surface area (Å²) in [5.41, 5.74) is -2.35. The third kappa shape index (κ3) is 3.41. The zero-order valence-corrected chi connectivity index (χ0v) is 18.0. The highest BCUT2D eigenvalue weighted by Crippen LogP contribution is 2.48. The van der Waals surface area contributed by atoms with E-state index in [1.54, 1.807) is 29.2 Å². The van der Waals surface area contributed by atoms with Crippen LogP contribution in [0.5, 0.6) is 5.75 Å². The van der Waals surface area contributed by atoms with Gasteiger partial charge in [0.05, 0.1) is 17.4 Å². The molecule has 11 heteroatoms. The molecule has 0 unspecified atom stereocenters. The third-order valence-electron chi connectivity index (χ3n) is 6.28. The second-order valence-corrected chi connectivity index (χ2v) is 8.60. The number of nitriles is 1. The Morgan fingerprint density at radius 2 is 1.91 bits per heavy atom. The van der Waals surface area contributed by atoms with Gasteiger partial charge in [-0.05, 0) is 61.8 Å². The van der Waals surface area contributed by atoms with Gasteiger partial charge < -0.3 is 15.0 Å². The number of hydrogen-bond donors (Lipinski definition) is 1. The van der Waals surface area contributed by atoms with Crippen LogP contribution < -0.4 is 19.9 Å². The molecule has 7 nitrogen and oxygen atoms in total. The first-order chi connectivity index (χ1) is 15.7. The van der Waals surface area contributed by atoms with E-state index >= 15 is 0 Å². The minimum Gasteiger partial charge on any atom is -0.488 e. The number of hydrogen-bond acceptors (Lipinski definition) is 6. The number of amides is 1. The van der Waals surface area contributed by atoms with Crippen LogP contribution in [0.2, 0.25) is 0 Å². The highest BCUT2D eigenvalue weighted by molar-refractivity contribution is 7.81. The predicted octanol–water partition coefficient (Wildman–Crippen LogP) is 3.38. The van der Waals surface area contributed by atoms with Gasteiger partial charge in [-0.1, -0.05) is 0 Å². The van der Waals surface area contributed by atoms with Gasteiger partial charge in [-0.3, -0.25) is 9.69 Å². The predicted molar refractivity (Wildman–Crippen MR) is 117 cm³/mol. The fourth-order valence-electron chi connectivity index (χ4n) is 4.30. The molecule has 0 radical (unpaired) electrons. The maximum atomic E-state index is 13.5. The van der Waals surface area contributed by atoms with Crippen molar-refractivity contribution >= 4 is 34.6 Å². The summed E-state index contributed by atoms with van der Waals surface area (Å²) in [7, 11) is 0. The minimum atomic E-state index is -4.79. The number of carbonyl (C=O) groups is 1. The number of halogens is 3. The number of alkyl halides is 3. The van der Waals surface area contributed by atoms with Crippen LogP contribution in [0, 0.1) is 11.3 Å². The molecule has 1 spiro atoms. The first-order valence-corrected chi connectivity index (χ1v) is 10.8. The van der Waals surface area contributed by atoms with Gasteiger partial charge in [-0.2, -0.15) is 18.4 Å². The smallest absolute Gasteiger partial charge is 0.419 e. The Balaban J connectivity index is 1.50. The Morgan fingerprint density at radius 1 is 1.21 bits per heavy atom. The topological polar surface area (TPSA) is 81.5 Å². The van der Waals surface area contributed by atoms with Crippen LogP contribution in [0.15, 0.2) is 36.5 Å². The molecule has 1 aliphatic carbocycles. The molecule has 170 valence electrons. The molecule has 33 heavy (non-hydrogen) atoms. The van der Waals surface area contributed by atoms with E-state index in [0.717, 1.165) is 36.7 Å². The van der Waals surface area contributed by atoms with Gasteiger partial charge in [0.1, 0.15) is 23.5 Å². The molecule has 2 aliphatic heterocycles. The molecule has 3 heterocycles. The van der Waals surface area contributed by atoms with E-state index in [-0.39, 0.29) is 22.8 Å². The molecule has 1 saturated carbocycles. The fourth-order valence-corrected chi connectivity index (χ4v) is 4.77. The second-order valence-electron chi connectivity index (χ2n) is 8.23. The van der Waals surface area contributed by atoms with Crippen molar-refractivity contribution in [3.8, 4) is 11.8 Å². The molecule has 1 amide bonds. The average Bonchev–Trinajstić information content (AvgIpc) is 2.97. The van der Waals surface area contributed by atoms with Crippen LogP contribution in [0.3, 0.4) is 0 Å². The van der Waals surface area contributed by atoms with Crippen molar-refractivity contribution in [1.82, 2.24) is 10.3 Å². The minimum absolute atomic E-state index is 0.0798. The molecule has 1 N–H and O–H groups in total. The lowest BCUT2D eigenvalue weighted by Gasteiger charge is -2.43. The lowest BCUT2D eigenvalue weighted by molar-refractivity contribution is -0.138. The van der Waals surface area contributed by atoms with E-state index in [9.17, 15) is 18.0 Å². The van der Waals surface area contributed by atoms with Crippen LogP contribution in [-0.2, 0) is 11.0 Å². The molecular formula is C22H18F3N5O2S. The van der Waals surface area contributed by atoms with Crippen LogP contribution >= 0.6 is 12.2 Å². The zero-order valence-electron chi connectivity index (χ0n) is 17.2. The van der Waals surface area contributed by atoms with Gasteiger partial charge in [-0.15, -0.1) is 0 Å². The lowest BCUT2D eigenvalue weighted by atomic mass is 9.75. The molecule has 3 aliphatic rings. The Hall–Kier alpha value is -3.23. The Labute approximate surface area is 192 Å². The van der Waals surface area contributed by atoms with Gasteiger partial charge >= 0.3 is 6.18 Å². The summed E-state index contributed by atoms with van der Waals surface area (Å²) in [6, 6.07) is 9.38. The number of thiocarbonyl (C=S) groups is 1. The van der Waals surface area contributed by atoms with E-state index in [1.165, 1.54) is 6.07 Å². The van der Waals surface area contributed by atoms with Crippen molar-refractivity contribution in [2.24, 2.45) is 0 Å². The molecule has 2 saturated heterocycles. The van der Waals surface area contributed by atoms with Crippen molar-refractivity contribution in [2.45, 2.75) is 37.1 Å². The highest BCUT2D eigenvalue weighted by atomic mass is 32.1. The molecule has 5 rings (SSSR count). The quantitative estimate of drug-likeness (QED) is 0.682. The number of nitrogens with zero attached hydrogens (tertiary/aromatic N) is 4. The third-order valence-corrected chi connectivity index (χ3v) is 6.64. The summed E-state index contributed by atoms with van der Waals surface area (Å²) in [4.78, 5) is 19.9. The number of ether oxygens (including phenoxy) is 1. The summed E-state index contributed by atoms with van der Waals surface area (Å²) in [6.07, 6.45) is -1.73. The Kier molecular flexibility index (Phi) is 5.02. The van der Waals surface area contributed by atoms with E-state index in [4.69, 9.17) is 22.2 Å². The van der Waals surface area contributed by atoms with E-state index in [1.807, 2.05) is 0 Å². The number of pyridine rings is 1. The average molecular weight is 473 g/mol. The number of benzene rings is 1. The van der Waals surface area contributed by atoms with Crippen LogP contribution in [0.25, 0.3) is 0 Å². The molecule has 2 aromatic rings. The fraction of sp³-hybridized carbons (Fsp3) is 0.364. The monoisotopic (exact) mass is 473 g/mol. The van der Waals surface area contributed by atoms with Crippen molar-refractivity contribution in [1.29, 1.82) is 5.26 Å². The summed E-state index contributed by atoms with van der Waals surface area (Å²) in [5.74, 6) is 0.298. The standard InChI is InChI=1S/C22H18F3N5O2S/c23-22(24,25)17-8-14(10-28-18(17)9-26)29-19(31)21(6-1-7-21)30(20(29)33)13-2-4-15(5-3-13)32-16-11-27-12-16/h2-5,8,10,16,27H,1,6-7,11-12H2. The van der Waals surface area contributed by atoms with E-state index < -0.39 is 23.0 Å². The van der Waals surface area contributed by atoms with E-state index in [0.29, 0.717) is 24.3 Å². The Morgan fingerprint density at radius 3 is 2.42 bits per heavy atom. The molecule has 1 aromatic carbocycles. The van der Waals surface area contributed by atoms with Crippen molar-refractivity contribution in [3.05, 3.63) is 47.8 Å². The highest BCUT2D eigenvalue weighted by Gasteiger charge is 2.59. The zero-order chi connectivity index (χ0) is 23.4. The molecule has 1 aromatic heterocycles. The van der Waals surface area contributed by atoms with Gasteiger partial charge in [-0.25, -0.2) is 4.98 Å². The first kappa shape index (κ1) is 21.6. The van der Waals surface area contributed by atoms with Crippen LogP contribution in [-0.4, -0.2) is 40.7 Å². The van der Waals surface area contributed by atoms with Crippen molar-refractivity contribution in [3.63, 3.8) is 0 Å². The Bertz CT molecular complexity index is 1170. The van der Waals surface area contributed by atoms with Crippen LogP contribution in [0.1, 0.15) is 30.5 Å². The molecular weight excluding hydrogens is 455 g/mol. The van der Waals surface area contributed by atoms with E-state index in [2.05, 4.69) is 10.3 Å². The SMILES string of the molecule is N#Cc1ncc(N2C(=O)C3(CCC3)N(c3ccc(OC4CNC4)cc3)C2=S)cc1C(F)(F)F. The van der Waals surface area contributed by atoms with Crippen molar-refractivity contribution in [2.75, 3.05) is 22.9 Å². The normalized spacial score (nSPS) is 19.9. The summed E-state index contributed by atoms with van der Waals surface area (Å²) >= 11 is 5.60. The maximum Gasteiger partial charge on any atom is 0.419 e. The van der Waals surface area contributed by atoms with Gasteiger partial charge in [0, 0.05) is 18.8 Å². The number of rotatable bonds is 4. The number of nitrogens with one attached hydrogen (secondary N) is 1. The summed E-state index contributed by atoms with van der Waals surface area (Å²) in [6.45, 7) is 1.56. The summed E-state index contributed by atoms with van der Waals surface area (Å²) < 4.78 is 46.2. The lowest BCUT2D eigenvalue weighted by Crippen LogP contribution is -2.55. The first-order valence-electron chi connectivity index (χ1n) is 10.4. The second kappa shape index (κ2) is 7.67. The largest absolute Gasteiger partial charge is 0.488 e. The molecule has 0 bridgehead atoms. The van der Waals surface area contributed by atoms with Gasteiger partial charge in [0.25, 0.3) is 5.91 Å². The van der Waals surface area contributed by atoms with Crippen molar-refractivity contribution < 1.29 is 22.7 Å². The van der Waals surface area contributed by atoms with Gasteiger partial charge in [0.15, 0.2) is 10.8 Å². The summed E-state index contributed by atoms with van der Waals surface area (Å²) in [5, 5.41) is 12.2. The maximum absolute atomic E-state index is 13.5.